The van der Waals surface area contributed by atoms with Gasteiger partial charge in [-0.1, -0.05) is 0 Å². The smallest absolute Gasteiger partial charge is 0.322 e. The molecule has 0 saturated carbocycles. The second kappa shape index (κ2) is 7.20. The number of carboxylic acids is 2. The summed E-state index contributed by atoms with van der Waals surface area (Å²) in [6.45, 7) is 1.95. The zero-order chi connectivity index (χ0) is 13.5. The molecule has 0 spiro atoms. The molecule has 0 heterocycles. The highest BCUT2D eigenvalue weighted by molar-refractivity contribution is 7.89. The highest BCUT2D eigenvalue weighted by Gasteiger charge is 2.26. The average Bonchev–Trinajstić information content (AvgIpc) is 2.15. The Morgan fingerprint density at radius 1 is 1.35 bits per heavy atom. The van der Waals surface area contributed by atoms with E-state index in [1.165, 1.54) is 0 Å². The molecule has 17 heavy (non-hydrogen) atoms. The van der Waals surface area contributed by atoms with Crippen LogP contribution in [0.3, 0.4) is 0 Å². The van der Waals surface area contributed by atoms with Gasteiger partial charge in [0.2, 0.25) is 10.0 Å². The maximum atomic E-state index is 11.4. The molecule has 1 atom stereocenters. The topological polar surface area (TPSA) is 130 Å². The minimum atomic E-state index is -3.86. The molecule has 0 fully saturated rings. The molecule has 9 heteroatoms. The van der Waals surface area contributed by atoms with Crippen LogP contribution in [0.2, 0.25) is 0 Å². The van der Waals surface area contributed by atoms with E-state index in [-0.39, 0.29) is 6.61 Å². The van der Waals surface area contributed by atoms with Crippen molar-refractivity contribution < 1.29 is 33.0 Å². The summed E-state index contributed by atoms with van der Waals surface area (Å²) in [6.07, 6.45) is -0.816. The molecule has 0 saturated heterocycles. The lowest BCUT2D eigenvalue weighted by atomic mass is 10.2. The van der Waals surface area contributed by atoms with Gasteiger partial charge in [0.1, 0.15) is 6.04 Å². The second-order valence-corrected chi connectivity index (χ2v) is 5.00. The molecule has 0 unspecified atom stereocenters. The number of sulfonamides is 1. The van der Waals surface area contributed by atoms with Crippen LogP contribution in [0.4, 0.5) is 0 Å². The molecule has 0 aromatic rings. The third-order valence-electron chi connectivity index (χ3n) is 1.70. The number of aliphatic carboxylic acids is 2. The molecule has 0 aliphatic rings. The average molecular weight is 269 g/mol. The van der Waals surface area contributed by atoms with Gasteiger partial charge in [-0.05, 0) is 6.92 Å². The quantitative estimate of drug-likeness (QED) is 0.451. The van der Waals surface area contributed by atoms with Crippen molar-refractivity contribution in [1.82, 2.24) is 4.72 Å². The lowest BCUT2D eigenvalue weighted by Crippen LogP contribution is -2.43. The molecular weight excluding hydrogens is 254 g/mol. The molecule has 100 valence electrons. The van der Waals surface area contributed by atoms with Crippen LogP contribution in [0, 0.1) is 0 Å². The third kappa shape index (κ3) is 7.66. The summed E-state index contributed by atoms with van der Waals surface area (Å²) < 4.78 is 29.3. The SMILES string of the molecule is CCOCCS(=O)(=O)N[C@H](CC(=O)O)C(=O)O. The summed E-state index contributed by atoms with van der Waals surface area (Å²) >= 11 is 0. The fourth-order valence-electron chi connectivity index (χ4n) is 0.943. The second-order valence-electron chi connectivity index (χ2n) is 3.12. The number of carboxylic acid groups (broad SMARTS) is 2. The van der Waals surface area contributed by atoms with Gasteiger partial charge in [-0.25, -0.2) is 13.1 Å². The van der Waals surface area contributed by atoms with E-state index < -0.39 is 40.2 Å². The maximum absolute atomic E-state index is 11.4. The molecule has 0 radical (unpaired) electrons. The monoisotopic (exact) mass is 269 g/mol. The number of rotatable bonds is 9. The van der Waals surface area contributed by atoms with Crippen LogP contribution in [0.15, 0.2) is 0 Å². The zero-order valence-electron chi connectivity index (χ0n) is 9.25. The molecule has 0 amide bonds. The van der Waals surface area contributed by atoms with Gasteiger partial charge in [0.25, 0.3) is 0 Å². The van der Waals surface area contributed by atoms with Crippen molar-refractivity contribution in [3.05, 3.63) is 0 Å². The number of nitrogens with one attached hydrogen (secondary N) is 1. The van der Waals surface area contributed by atoms with E-state index in [0.29, 0.717) is 6.61 Å². The third-order valence-corrected chi connectivity index (χ3v) is 3.05. The Morgan fingerprint density at radius 3 is 2.35 bits per heavy atom. The summed E-state index contributed by atoms with van der Waals surface area (Å²) in [5.41, 5.74) is 0. The Bertz CT molecular complexity index is 364. The Labute approximate surface area is 98.6 Å². The van der Waals surface area contributed by atoms with Crippen LogP contribution in [0.25, 0.3) is 0 Å². The lowest BCUT2D eigenvalue weighted by molar-refractivity contribution is -0.145. The molecule has 0 aromatic heterocycles. The summed E-state index contributed by atoms with van der Waals surface area (Å²) in [6, 6.07) is -1.67. The van der Waals surface area contributed by atoms with Gasteiger partial charge in [-0.2, -0.15) is 0 Å². The molecule has 3 N–H and O–H groups in total. The van der Waals surface area contributed by atoms with E-state index in [0.717, 1.165) is 0 Å². The van der Waals surface area contributed by atoms with Crippen molar-refractivity contribution >= 4 is 22.0 Å². The van der Waals surface area contributed by atoms with Crippen LogP contribution >= 0.6 is 0 Å². The summed E-state index contributed by atoms with van der Waals surface area (Å²) in [7, 11) is -3.86. The first-order chi connectivity index (χ1) is 7.78. The van der Waals surface area contributed by atoms with Gasteiger partial charge < -0.3 is 14.9 Å². The van der Waals surface area contributed by atoms with Crippen molar-refractivity contribution in [2.75, 3.05) is 19.0 Å². The van der Waals surface area contributed by atoms with Gasteiger partial charge in [-0.3, -0.25) is 9.59 Å². The molecule has 0 aliphatic heterocycles. The summed E-state index contributed by atoms with van der Waals surface area (Å²) in [5, 5.41) is 17.1. The lowest BCUT2D eigenvalue weighted by Gasteiger charge is -2.12. The van der Waals surface area contributed by atoms with Gasteiger partial charge in [-0.15, -0.1) is 0 Å². The van der Waals surface area contributed by atoms with Crippen LogP contribution < -0.4 is 4.72 Å². The molecule has 0 rings (SSSR count). The Morgan fingerprint density at radius 2 is 1.94 bits per heavy atom. The summed E-state index contributed by atoms with van der Waals surface area (Å²) in [4.78, 5) is 21.0. The van der Waals surface area contributed by atoms with Gasteiger partial charge in [0.05, 0.1) is 18.8 Å². The normalized spacial score (nSPS) is 13.2. The van der Waals surface area contributed by atoms with Crippen LogP contribution in [0.5, 0.6) is 0 Å². The van der Waals surface area contributed by atoms with E-state index in [9.17, 15) is 18.0 Å². The first-order valence-corrected chi connectivity index (χ1v) is 6.46. The number of carbonyl (C=O) groups is 2. The standard InChI is InChI=1S/C8H15NO7S/c1-2-16-3-4-17(14,15)9-6(8(12)13)5-7(10)11/h6,9H,2-5H2,1H3,(H,10,11)(H,12,13)/t6-/m1/s1. The highest BCUT2D eigenvalue weighted by Crippen LogP contribution is 1.97. The largest absolute Gasteiger partial charge is 0.481 e. The molecular formula is C8H15NO7S. The molecule has 8 nitrogen and oxygen atoms in total. The highest BCUT2D eigenvalue weighted by atomic mass is 32.2. The Kier molecular flexibility index (Phi) is 6.69. The predicted octanol–water partition coefficient (Wildman–Crippen LogP) is -1.13. The van der Waals surface area contributed by atoms with Gasteiger partial charge >= 0.3 is 11.9 Å². The summed E-state index contributed by atoms with van der Waals surface area (Å²) in [5.74, 6) is -3.35. The fraction of sp³-hybridized carbons (Fsp3) is 0.750. The van der Waals surface area contributed by atoms with E-state index >= 15 is 0 Å². The minimum Gasteiger partial charge on any atom is -0.481 e. The molecule has 0 aliphatic carbocycles. The first kappa shape index (κ1) is 15.8. The van der Waals surface area contributed by atoms with Crippen molar-refractivity contribution in [1.29, 1.82) is 0 Å². The van der Waals surface area contributed by atoms with Crippen molar-refractivity contribution in [3.8, 4) is 0 Å². The van der Waals surface area contributed by atoms with E-state index in [4.69, 9.17) is 14.9 Å². The van der Waals surface area contributed by atoms with Crippen molar-refractivity contribution in [2.45, 2.75) is 19.4 Å². The maximum Gasteiger partial charge on any atom is 0.322 e. The number of ether oxygens (including phenoxy) is 1. The molecule has 0 bridgehead atoms. The van der Waals surface area contributed by atoms with Crippen molar-refractivity contribution in [2.24, 2.45) is 0 Å². The van der Waals surface area contributed by atoms with Gasteiger partial charge in [0, 0.05) is 6.61 Å². The van der Waals surface area contributed by atoms with Crippen LogP contribution in [-0.4, -0.2) is 55.6 Å². The van der Waals surface area contributed by atoms with Gasteiger partial charge in [0.15, 0.2) is 0 Å². The molecule has 0 aromatic carbocycles. The minimum absolute atomic E-state index is 0.0781. The van der Waals surface area contributed by atoms with Crippen LogP contribution in [-0.2, 0) is 24.3 Å². The Balaban J connectivity index is 4.42. The van der Waals surface area contributed by atoms with E-state index in [1.807, 2.05) is 0 Å². The predicted molar refractivity (Wildman–Crippen MR) is 57.1 cm³/mol. The van der Waals surface area contributed by atoms with Crippen LogP contribution in [0.1, 0.15) is 13.3 Å². The Hall–Kier alpha value is -1.19. The van der Waals surface area contributed by atoms with Crippen molar-refractivity contribution in [3.63, 3.8) is 0 Å². The number of hydrogen-bond donors (Lipinski definition) is 3. The number of hydrogen-bond acceptors (Lipinski definition) is 5. The van der Waals surface area contributed by atoms with E-state index in [2.05, 4.69) is 0 Å². The fourth-order valence-corrected chi connectivity index (χ4v) is 2.02. The van der Waals surface area contributed by atoms with E-state index in [1.54, 1.807) is 11.6 Å². The first-order valence-electron chi connectivity index (χ1n) is 4.81. The zero-order valence-corrected chi connectivity index (χ0v) is 10.1.